The molecule has 20 heavy (non-hydrogen) atoms. The Labute approximate surface area is 120 Å². The van der Waals surface area contributed by atoms with Gasteiger partial charge in [0.25, 0.3) is 5.91 Å². The summed E-state index contributed by atoms with van der Waals surface area (Å²) in [5.74, 6) is 0.204. The van der Waals surface area contributed by atoms with Crippen LogP contribution in [0.3, 0.4) is 0 Å². The van der Waals surface area contributed by atoms with Crippen molar-refractivity contribution in [3.63, 3.8) is 0 Å². The number of nitrogens with one attached hydrogen (secondary N) is 1. The SMILES string of the molecule is CC(C)c1[nH]nc(C(=O)N2CCCC(C)(C)CC2)c1N. The van der Waals surface area contributed by atoms with Crippen molar-refractivity contribution in [2.45, 2.75) is 52.9 Å². The van der Waals surface area contributed by atoms with Crippen LogP contribution in [-0.4, -0.2) is 34.1 Å². The van der Waals surface area contributed by atoms with Gasteiger partial charge in [-0.1, -0.05) is 27.7 Å². The van der Waals surface area contributed by atoms with Crippen LogP contribution in [0, 0.1) is 5.41 Å². The van der Waals surface area contributed by atoms with E-state index in [0.717, 1.165) is 38.0 Å². The van der Waals surface area contributed by atoms with Gasteiger partial charge in [-0.25, -0.2) is 0 Å². The second kappa shape index (κ2) is 5.46. The lowest BCUT2D eigenvalue weighted by Gasteiger charge is -2.23. The van der Waals surface area contributed by atoms with Gasteiger partial charge in [0.2, 0.25) is 0 Å². The highest BCUT2D eigenvalue weighted by Crippen LogP contribution is 2.31. The number of carbonyl (C=O) groups is 1. The molecule has 1 saturated heterocycles. The molecule has 1 aliphatic heterocycles. The molecule has 1 fully saturated rings. The molecule has 0 saturated carbocycles. The molecule has 0 unspecified atom stereocenters. The van der Waals surface area contributed by atoms with Crippen LogP contribution in [0.5, 0.6) is 0 Å². The number of likely N-dealkylation sites (tertiary alicyclic amines) is 1. The highest BCUT2D eigenvalue weighted by Gasteiger charge is 2.28. The molecule has 5 heteroatoms. The molecule has 3 N–H and O–H groups in total. The molecule has 0 atom stereocenters. The summed E-state index contributed by atoms with van der Waals surface area (Å²) in [6.07, 6.45) is 3.23. The quantitative estimate of drug-likeness (QED) is 0.873. The topological polar surface area (TPSA) is 75.0 Å². The number of carbonyl (C=O) groups excluding carboxylic acids is 1. The Balaban J connectivity index is 2.15. The first-order valence-corrected chi connectivity index (χ1v) is 7.45. The molecule has 0 bridgehead atoms. The molecule has 5 nitrogen and oxygen atoms in total. The fourth-order valence-electron chi connectivity index (χ4n) is 2.74. The van der Waals surface area contributed by atoms with Crippen LogP contribution in [0.4, 0.5) is 5.69 Å². The number of nitrogen functional groups attached to an aromatic ring is 1. The zero-order chi connectivity index (χ0) is 14.9. The maximum Gasteiger partial charge on any atom is 0.276 e. The number of rotatable bonds is 2. The van der Waals surface area contributed by atoms with Crippen molar-refractivity contribution in [1.29, 1.82) is 0 Å². The van der Waals surface area contributed by atoms with Crippen LogP contribution >= 0.6 is 0 Å². The third kappa shape index (κ3) is 2.97. The van der Waals surface area contributed by atoms with Crippen molar-refractivity contribution in [2.24, 2.45) is 5.41 Å². The van der Waals surface area contributed by atoms with Crippen LogP contribution in [0.25, 0.3) is 0 Å². The van der Waals surface area contributed by atoms with Gasteiger partial charge in [0, 0.05) is 13.1 Å². The van der Waals surface area contributed by atoms with Crippen LogP contribution < -0.4 is 5.73 Å². The van der Waals surface area contributed by atoms with Gasteiger partial charge >= 0.3 is 0 Å². The van der Waals surface area contributed by atoms with Gasteiger partial charge in [0.05, 0.1) is 11.4 Å². The Morgan fingerprint density at radius 2 is 2.05 bits per heavy atom. The molecule has 1 aromatic heterocycles. The third-order valence-corrected chi connectivity index (χ3v) is 4.24. The summed E-state index contributed by atoms with van der Waals surface area (Å²) in [4.78, 5) is 14.5. The number of nitrogens with two attached hydrogens (primary N) is 1. The van der Waals surface area contributed by atoms with Gasteiger partial charge in [0.1, 0.15) is 0 Å². The molecule has 1 aromatic rings. The second-order valence-electron chi connectivity index (χ2n) is 6.86. The lowest BCUT2D eigenvalue weighted by atomic mass is 9.85. The maximum absolute atomic E-state index is 12.6. The largest absolute Gasteiger partial charge is 0.395 e. The third-order valence-electron chi connectivity index (χ3n) is 4.24. The number of aromatic nitrogens is 2. The van der Waals surface area contributed by atoms with E-state index in [4.69, 9.17) is 5.73 Å². The summed E-state index contributed by atoms with van der Waals surface area (Å²) >= 11 is 0. The molecule has 112 valence electrons. The normalized spacial score (nSPS) is 19.1. The minimum atomic E-state index is -0.0386. The van der Waals surface area contributed by atoms with Crippen molar-refractivity contribution in [1.82, 2.24) is 15.1 Å². The van der Waals surface area contributed by atoms with Gasteiger partial charge < -0.3 is 10.6 Å². The molecule has 1 aliphatic rings. The summed E-state index contributed by atoms with van der Waals surface area (Å²) in [5.41, 5.74) is 8.12. The number of amides is 1. The summed E-state index contributed by atoms with van der Waals surface area (Å²) in [6, 6.07) is 0. The standard InChI is InChI=1S/C15H26N4O/c1-10(2)12-11(16)13(18-17-12)14(20)19-8-5-6-15(3,4)7-9-19/h10H,5-9,16H2,1-4H3,(H,17,18). The summed E-state index contributed by atoms with van der Waals surface area (Å²) < 4.78 is 0. The number of anilines is 1. The maximum atomic E-state index is 12.6. The number of H-pyrrole nitrogens is 1. The molecule has 1 amide bonds. The molecule has 2 rings (SSSR count). The second-order valence-corrected chi connectivity index (χ2v) is 6.86. The average Bonchev–Trinajstić information content (AvgIpc) is 2.64. The first-order chi connectivity index (χ1) is 9.32. The molecular formula is C15H26N4O. The van der Waals surface area contributed by atoms with E-state index in [1.54, 1.807) is 0 Å². The van der Waals surface area contributed by atoms with E-state index in [1.807, 2.05) is 18.7 Å². The number of nitrogens with zero attached hydrogens (tertiary/aromatic N) is 2. The zero-order valence-electron chi connectivity index (χ0n) is 13.0. The van der Waals surface area contributed by atoms with Crippen LogP contribution in [-0.2, 0) is 0 Å². The van der Waals surface area contributed by atoms with E-state index in [9.17, 15) is 4.79 Å². The predicted molar refractivity (Wildman–Crippen MR) is 80.6 cm³/mol. The van der Waals surface area contributed by atoms with Crippen molar-refractivity contribution < 1.29 is 4.79 Å². The highest BCUT2D eigenvalue weighted by atomic mass is 16.2. The van der Waals surface area contributed by atoms with Gasteiger partial charge in [-0.3, -0.25) is 9.89 Å². The molecular weight excluding hydrogens is 252 g/mol. The Hall–Kier alpha value is -1.52. The van der Waals surface area contributed by atoms with Crippen molar-refractivity contribution in [2.75, 3.05) is 18.8 Å². The molecule has 0 aliphatic carbocycles. The van der Waals surface area contributed by atoms with Gasteiger partial charge in [-0.15, -0.1) is 0 Å². The lowest BCUT2D eigenvalue weighted by molar-refractivity contribution is 0.0752. The average molecular weight is 278 g/mol. The summed E-state index contributed by atoms with van der Waals surface area (Å²) in [7, 11) is 0. The zero-order valence-corrected chi connectivity index (χ0v) is 13.0. The number of hydrogen-bond acceptors (Lipinski definition) is 3. The predicted octanol–water partition coefficient (Wildman–Crippen LogP) is 2.77. The molecule has 0 spiro atoms. The van der Waals surface area contributed by atoms with E-state index in [2.05, 4.69) is 24.0 Å². The van der Waals surface area contributed by atoms with Gasteiger partial charge in [-0.05, 0) is 30.6 Å². The Bertz CT molecular complexity index is 490. The Morgan fingerprint density at radius 3 is 2.65 bits per heavy atom. The minimum Gasteiger partial charge on any atom is -0.395 e. The van der Waals surface area contributed by atoms with E-state index >= 15 is 0 Å². The Kier molecular flexibility index (Phi) is 4.06. The highest BCUT2D eigenvalue weighted by molar-refractivity contribution is 5.97. The van der Waals surface area contributed by atoms with Crippen molar-refractivity contribution in [3.8, 4) is 0 Å². The van der Waals surface area contributed by atoms with Crippen molar-refractivity contribution in [3.05, 3.63) is 11.4 Å². The molecule has 0 aromatic carbocycles. The first kappa shape index (κ1) is 14.9. The number of hydrogen-bond donors (Lipinski definition) is 2. The smallest absolute Gasteiger partial charge is 0.276 e. The van der Waals surface area contributed by atoms with Crippen LogP contribution in [0.2, 0.25) is 0 Å². The van der Waals surface area contributed by atoms with Crippen LogP contribution in [0.15, 0.2) is 0 Å². The van der Waals surface area contributed by atoms with E-state index in [-0.39, 0.29) is 11.8 Å². The van der Waals surface area contributed by atoms with E-state index in [0.29, 0.717) is 16.8 Å². The fourth-order valence-corrected chi connectivity index (χ4v) is 2.74. The summed E-state index contributed by atoms with van der Waals surface area (Å²) in [5, 5.41) is 7.04. The Morgan fingerprint density at radius 1 is 1.35 bits per heavy atom. The van der Waals surface area contributed by atoms with Crippen LogP contribution in [0.1, 0.15) is 69.1 Å². The van der Waals surface area contributed by atoms with Gasteiger partial charge in [-0.2, -0.15) is 5.10 Å². The molecule has 2 heterocycles. The fraction of sp³-hybridized carbons (Fsp3) is 0.733. The monoisotopic (exact) mass is 278 g/mol. The van der Waals surface area contributed by atoms with E-state index in [1.165, 1.54) is 0 Å². The van der Waals surface area contributed by atoms with Gasteiger partial charge in [0.15, 0.2) is 5.69 Å². The lowest BCUT2D eigenvalue weighted by Crippen LogP contribution is -2.33. The van der Waals surface area contributed by atoms with E-state index < -0.39 is 0 Å². The van der Waals surface area contributed by atoms with Crippen molar-refractivity contribution >= 4 is 11.6 Å². The number of aromatic amines is 1. The first-order valence-electron chi connectivity index (χ1n) is 7.45. The molecule has 0 radical (unpaired) electrons. The minimum absolute atomic E-state index is 0.0386. The summed E-state index contributed by atoms with van der Waals surface area (Å²) in [6.45, 7) is 10.2.